The highest BCUT2D eigenvalue weighted by atomic mass is 16.2. The van der Waals surface area contributed by atoms with Gasteiger partial charge in [0.15, 0.2) is 0 Å². The van der Waals surface area contributed by atoms with Crippen molar-refractivity contribution in [2.24, 2.45) is 0 Å². The van der Waals surface area contributed by atoms with Crippen molar-refractivity contribution in [2.45, 2.75) is 38.6 Å². The first-order valence-corrected chi connectivity index (χ1v) is 11.4. The van der Waals surface area contributed by atoms with Crippen LogP contribution < -0.4 is 5.32 Å². The van der Waals surface area contributed by atoms with E-state index in [4.69, 9.17) is 0 Å². The summed E-state index contributed by atoms with van der Waals surface area (Å²) < 4.78 is 0. The van der Waals surface area contributed by atoms with Crippen LogP contribution in [0, 0.1) is 6.92 Å². The molecule has 0 saturated carbocycles. The highest BCUT2D eigenvalue weighted by Gasteiger charge is 2.31. The zero-order valence-electron chi connectivity index (χ0n) is 18.6. The van der Waals surface area contributed by atoms with Crippen molar-refractivity contribution in [2.75, 3.05) is 13.1 Å². The van der Waals surface area contributed by atoms with Crippen LogP contribution >= 0.6 is 0 Å². The number of aryl methyl sites for hydroxylation is 1. The molecule has 1 atom stereocenters. The number of benzene rings is 3. The Balaban J connectivity index is 1.40. The van der Waals surface area contributed by atoms with Crippen LogP contribution in [-0.4, -0.2) is 29.8 Å². The maximum Gasteiger partial charge on any atom is 0.223 e. The van der Waals surface area contributed by atoms with Gasteiger partial charge in [-0.05, 0) is 42.0 Å². The van der Waals surface area contributed by atoms with E-state index < -0.39 is 0 Å². The number of nitrogens with one attached hydrogen (secondary N) is 1. The van der Waals surface area contributed by atoms with Gasteiger partial charge in [-0.3, -0.25) is 9.59 Å². The van der Waals surface area contributed by atoms with Gasteiger partial charge >= 0.3 is 0 Å². The van der Waals surface area contributed by atoms with Crippen LogP contribution in [0.2, 0.25) is 0 Å². The Morgan fingerprint density at radius 3 is 2.41 bits per heavy atom. The third-order valence-electron chi connectivity index (χ3n) is 6.11. The second-order valence-corrected chi connectivity index (χ2v) is 8.44. The minimum Gasteiger partial charge on any atom is -0.356 e. The van der Waals surface area contributed by atoms with Gasteiger partial charge in [0, 0.05) is 25.9 Å². The summed E-state index contributed by atoms with van der Waals surface area (Å²) >= 11 is 0. The van der Waals surface area contributed by atoms with Gasteiger partial charge < -0.3 is 10.2 Å². The van der Waals surface area contributed by atoms with Gasteiger partial charge in [0.25, 0.3) is 0 Å². The van der Waals surface area contributed by atoms with Crippen molar-refractivity contribution < 1.29 is 9.59 Å². The van der Waals surface area contributed by atoms with Crippen molar-refractivity contribution in [1.82, 2.24) is 10.2 Å². The van der Waals surface area contributed by atoms with Gasteiger partial charge in [0.05, 0.1) is 6.04 Å². The van der Waals surface area contributed by atoms with Gasteiger partial charge in [-0.1, -0.05) is 84.4 Å². The average molecular weight is 427 g/mol. The van der Waals surface area contributed by atoms with Crippen LogP contribution in [0.1, 0.15) is 46.7 Å². The first kappa shape index (κ1) is 21.8. The molecule has 4 rings (SSSR count). The number of hydrogen-bond acceptors (Lipinski definition) is 2. The van der Waals surface area contributed by atoms with Gasteiger partial charge in [0.1, 0.15) is 0 Å². The molecule has 1 aliphatic heterocycles. The van der Waals surface area contributed by atoms with Crippen molar-refractivity contribution >= 4 is 11.8 Å². The molecule has 1 heterocycles. The van der Waals surface area contributed by atoms with Crippen LogP contribution in [0.5, 0.6) is 0 Å². The third kappa shape index (κ3) is 5.25. The number of nitrogens with zero attached hydrogens (tertiary/aromatic N) is 1. The maximum atomic E-state index is 13.2. The maximum absolute atomic E-state index is 13.2. The van der Waals surface area contributed by atoms with Gasteiger partial charge in [-0.15, -0.1) is 0 Å². The predicted octanol–water partition coefficient (Wildman–Crippen LogP) is 4.61. The SMILES string of the molecule is Cc1ccc2c(c1)C(c1ccccc1)N(C(=O)CCC(=O)NCCc1ccccc1)CC2. The van der Waals surface area contributed by atoms with Crippen LogP contribution in [-0.2, 0) is 22.4 Å². The summed E-state index contributed by atoms with van der Waals surface area (Å²) in [6, 6.07) is 26.7. The molecule has 4 heteroatoms. The Labute approximate surface area is 190 Å². The minimum atomic E-state index is -0.103. The summed E-state index contributed by atoms with van der Waals surface area (Å²) in [5.74, 6) is -0.0389. The molecule has 0 saturated heterocycles. The fraction of sp³-hybridized carbons (Fsp3) is 0.286. The summed E-state index contributed by atoms with van der Waals surface area (Å²) in [7, 11) is 0. The van der Waals surface area contributed by atoms with E-state index in [2.05, 4.69) is 54.7 Å². The molecule has 3 aromatic rings. The summed E-state index contributed by atoms with van der Waals surface area (Å²) in [5.41, 5.74) is 5.99. The summed E-state index contributed by atoms with van der Waals surface area (Å²) in [6.45, 7) is 3.34. The topological polar surface area (TPSA) is 49.4 Å². The number of hydrogen-bond donors (Lipinski definition) is 1. The zero-order chi connectivity index (χ0) is 22.3. The third-order valence-corrected chi connectivity index (χ3v) is 6.11. The van der Waals surface area contributed by atoms with Crippen molar-refractivity contribution in [3.8, 4) is 0 Å². The van der Waals surface area contributed by atoms with Crippen molar-refractivity contribution in [1.29, 1.82) is 0 Å². The van der Waals surface area contributed by atoms with Gasteiger partial charge in [-0.2, -0.15) is 0 Å². The fourth-order valence-corrected chi connectivity index (χ4v) is 4.44. The normalized spacial score (nSPS) is 15.2. The molecule has 0 spiro atoms. The molecule has 0 aliphatic carbocycles. The molecule has 164 valence electrons. The average Bonchev–Trinajstić information content (AvgIpc) is 2.83. The largest absolute Gasteiger partial charge is 0.356 e. The van der Waals surface area contributed by atoms with Gasteiger partial charge in [0.2, 0.25) is 11.8 Å². The van der Waals surface area contributed by atoms with Crippen LogP contribution in [0.25, 0.3) is 0 Å². The quantitative estimate of drug-likeness (QED) is 0.600. The van der Waals surface area contributed by atoms with E-state index in [9.17, 15) is 9.59 Å². The Morgan fingerprint density at radius 2 is 1.66 bits per heavy atom. The highest BCUT2D eigenvalue weighted by molar-refractivity contribution is 5.84. The van der Waals surface area contributed by atoms with E-state index in [0.717, 1.165) is 18.4 Å². The minimum absolute atomic E-state index is 0.0317. The molecule has 0 bridgehead atoms. The second-order valence-electron chi connectivity index (χ2n) is 8.44. The van der Waals surface area contributed by atoms with E-state index in [-0.39, 0.29) is 30.7 Å². The second kappa shape index (κ2) is 10.3. The lowest BCUT2D eigenvalue weighted by atomic mass is 9.87. The molecule has 32 heavy (non-hydrogen) atoms. The molecule has 3 aromatic carbocycles. The zero-order valence-corrected chi connectivity index (χ0v) is 18.6. The first-order valence-electron chi connectivity index (χ1n) is 11.4. The number of amides is 2. The fourth-order valence-electron chi connectivity index (χ4n) is 4.44. The summed E-state index contributed by atoms with van der Waals surface area (Å²) in [5, 5.41) is 2.95. The van der Waals surface area contributed by atoms with Crippen LogP contribution in [0.15, 0.2) is 78.9 Å². The van der Waals surface area contributed by atoms with E-state index in [1.54, 1.807) is 0 Å². The van der Waals surface area contributed by atoms with Crippen LogP contribution in [0.3, 0.4) is 0 Å². The molecule has 0 radical (unpaired) electrons. The van der Waals surface area contributed by atoms with E-state index in [1.165, 1.54) is 22.3 Å². The first-order chi connectivity index (χ1) is 15.6. The molecule has 1 aliphatic rings. The highest BCUT2D eigenvalue weighted by Crippen LogP contribution is 2.36. The molecule has 1 unspecified atom stereocenters. The monoisotopic (exact) mass is 426 g/mol. The Hall–Kier alpha value is -3.40. The summed E-state index contributed by atoms with van der Waals surface area (Å²) in [4.78, 5) is 27.5. The van der Waals surface area contributed by atoms with E-state index in [0.29, 0.717) is 13.1 Å². The standard InChI is InChI=1S/C28H30N2O2/c1-21-12-13-23-17-19-30(28(25(23)20-21)24-10-6-3-7-11-24)27(32)15-14-26(31)29-18-16-22-8-4-2-5-9-22/h2-13,20,28H,14-19H2,1H3,(H,29,31). The molecule has 0 aromatic heterocycles. The number of rotatable bonds is 7. The number of carbonyl (C=O) groups excluding carboxylic acids is 2. The van der Waals surface area contributed by atoms with Crippen molar-refractivity contribution in [3.05, 3.63) is 107 Å². The molecule has 4 nitrogen and oxygen atoms in total. The lowest BCUT2D eigenvalue weighted by Crippen LogP contribution is -2.41. The van der Waals surface area contributed by atoms with Crippen LogP contribution in [0.4, 0.5) is 0 Å². The molecular weight excluding hydrogens is 396 g/mol. The Kier molecular flexibility index (Phi) is 7.00. The lowest BCUT2D eigenvalue weighted by Gasteiger charge is -2.38. The molecule has 1 N–H and O–H groups in total. The molecule has 0 fully saturated rings. The van der Waals surface area contributed by atoms with Gasteiger partial charge in [-0.25, -0.2) is 0 Å². The smallest absolute Gasteiger partial charge is 0.223 e. The molecular formula is C28H30N2O2. The molecule has 2 amide bonds. The number of carbonyl (C=O) groups is 2. The van der Waals surface area contributed by atoms with E-state index in [1.807, 2.05) is 41.3 Å². The lowest BCUT2D eigenvalue weighted by molar-refractivity contribution is -0.135. The summed E-state index contributed by atoms with van der Waals surface area (Å²) in [6.07, 6.45) is 2.07. The van der Waals surface area contributed by atoms with Crippen molar-refractivity contribution in [3.63, 3.8) is 0 Å². The Morgan fingerprint density at radius 1 is 0.938 bits per heavy atom. The Bertz CT molecular complexity index is 1060. The number of fused-ring (bicyclic) bond motifs is 1. The predicted molar refractivity (Wildman–Crippen MR) is 127 cm³/mol. The van der Waals surface area contributed by atoms with E-state index >= 15 is 0 Å².